The molecule has 172 valence electrons. The van der Waals surface area contributed by atoms with Gasteiger partial charge in [0.05, 0.1) is 11.6 Å². The van der Waals surface area contributed by atoms with Crippen LogP contribution in [0.15, 0.2) is 48.5 Å². The summed E-state index contributed by atoms with van der Waals surface area (Å²) in [7, 11) is 1.75. The zero-order valence-corrected chi connectivity index (χ0v) is 19.4. The van der Waals surface area contributed by atoms with Crippen LogP contribution < -0.4 is 10.2 Å². The Hall–Kier alpha value is -3.48. The highest BCUT2D eigenvalue weighted by atomic mass is 19.1. The lowest BCUT2D eigenvalue weighted by Crippen LogP contribution is -2.47. The van der Waals surface area contributed by atoms with Crippen molar-refractivity contribution in [2.45, 2.75) is 39.7 Å². The number of nitrogens with one attached hydrogen (secondary N) is 1. The number of anilines is 1. The molecule has 2 aromatic carbocycles. The first kappa shape index (κ1) is 22.7. The number of aromatic nitrogens is 2. The molecule has 1 aliphatic rings. The minimum Gasteiger partial charge on any atom is -0.351 e. The Balaban J connectivity index is 1.74. The quantitative estimate of drug-likeness (QED) is 0.615. The first-order valence-corrected chi connectivity index (χ1v) is 11.3. The van der Waals surface area contributed by atoms with Gasteiger partial charge >= 0.3 is 0 Å². The van der Waals surface area contributed by atoms with Crippen molar-refractivity contribution in [2.24, 2.45) is 5.92 Å². The molecule has 1 N–H and O–H groups in total. The highest BCUT2D eigenvalue weighted by Gasteiger charge is 2.43. The van der Waals surface area contributed by atoms with Crippen LogP contribution in [-0.4, -0.2) is 35.2 Å². The van der Waals surface area contributed by atoms with E-state index in [0.717, 1.165) is 34.6 Å². The number of halogens is 1. The molecule has 0 saturated carbocycles. The van der Waals surface area contributed by atoms with Crippen LogP contribution in [-0.2, 0) is 11.3 Å². The van der Waals surface area contributed by atoms with E-state index in [-0.39, 0.29) is 30.1 Å². The van der Waals surface area contributed by atoms with Crippen molar-refractivity contribution in [3.63, 3.8) is 0 Å². The standard InChI is InChI=1S/C26H29FN4O2/c1-5-13-31-25-22(17(3)29-31)23(18-9-11-20(27)12-10-18)21(26(33)30(25)4)15-28-24(32)19-8-6-7-16(2)14-19/h6-12,14,21,23H,5,13,15H2,1-4H3,(H,28,32)/t21-,23+/m0/s1. The van der Waals surface area contributed by atoms with Gasteiger partial charge < -0.3 is 5.32 Å². The summed E-state index contributed by atoms with van der Waals surface area (Å²) < 4.78 is 15.6. The Labute approximate surface area is 193 Å². The van der Waals surface area contributed by atoms with E-state index in [1.807, 2.05) is 36.7 Å². The van der Waals surface area contributed by atoms with Crippen LogP contribution in [0.2, 0.25) is 0 Å². The smallest absolute Gasteiger partial charge is 0.251 e. The topological polar surface area (TPSA) is 67.2 Å². The van der Waals surface area contributed by atoms with Gasteiger partial charge in [0.15, 0.2) is 0 Å². The Morgan fingerprint density at radius 2 is 1.88 bits per heavy atom. The minimum absolute atomic E-state index is 0.0985. The van der Waals surface area contributed by atoms with Crippen LogP contribution in [0, 0.1) is 25.6 Å². The third-order valence-electron chi connectivity index (χ3n) is 6.25. The largest absolute Gasteiger partial charge is 0.351 e. The third kappa shape index (κ3) is 4.27. The fourth-order valence-electron chi connectivity index (χ4n) is 4.73. The van der Waals surface area contributed by atoms with Crippen molar-refractivity contribution >= 4 is 17.6 Å². The highest BCUT2D eigenvalue weighted by molar-refractivity contribution is 5.99. The molecule has 4 rings (SSSR count). The SMILES string of the molecule is CCCn1nc(C)c2c1N(C)C(=O)[C@@H](CNC(=O)c1cccc(C)c1)[C@H]2c1ccc(F)cc1. The van der Waals surface area contributed by atoms with Crippen molar-refractivity contribution in [3.8, 4) is 0 Å². The second-order valence-electron chi connectivity index (χ2n) is 8.66. The minimum atomic E-state index is -0.542. The fraction of sp³-hybridized carbons (Fsp3) is 0.346. The molecule has 2 atom stereocenters. The lowest BCUT2D eigenvalue weighted by molar-refractivity contribution is -0.122. The molecule has 3 aromatic rings. The van der Waals surface area contributed by atoms with E-state index in [1.165, 1.54) is 12.1 Å². The maximum atomic E-state index is 13.7. The molecular formula is C26H29FN4O2. The van der Waals surface area contributed by atoms with Gasteiger partial charge in [0.2, 0.25) is 5.91 Å². The van der Waals surface area contributed by atoms with Gasteiger partial charge in [0.25, 0.3) is 5.91 Å². The Bertz CT molecular complexity index is 1190. The van der Waals surface area contributed by atoms with Crippen LogP contribution in [0.3, 0.4) is 0 Å². The summed E-state index contributed by atoms with van der Waals surface area (Å²) in [5, 5.41) is 7.66. The average molecular weight is 449 g/mol. The first-order chi connectivity index (χ1) is 15.8. The predicted molar refractivity (Wildman–Crippen MR) is 126 cm³/mol. The van der Waals surface area contributed by atoms with Crippen LogP contribution in [0.5, 0.6) is 0 Å². The van der Waals surface area contributed by atoms with E-state index in [4.69, 9.17) is 5.10 Å². The predicted octanol–water partition coefficient (Wildman–Crippen LogP) is 4.20. The van der Waals surface area contributed by atoms with Crippen LogP contribution >= 0.6 is 0 Å². The molecule has 6 nitrogen and oxygen atoms in total. The van der Waals surface area contributed by atoms with Gasteiger partial charge in [0.1, 0.15) is 11.6 Å². The molecule has 0 aliphatic carbocycles. The molecule has 2 amide bonds. The van der Waals surface area contributed by atoms with Crippen LogP contribution in [0.25, 0.3) is 0 Å². The number of carbonyl (C=O) groups is 2. The van der Waals surface area contributed by atoms with E-state index >= 15 is 0 Å². The van der Waals surface area contributed by atoms with E-state index in [9.17, 15) is 14.0 Å². The van der Waals surface area contributed by atoms with Gasteiger partial charge in [-0.05, 0) is 50.1 Å². The molecule has 2 heterocycles. The Kier molecular flexibility index (Phi) is 6.31. The number of carbonyl (C=O) groups excluding carboxylic acids is 2. The number of fused-ring (bicyclic) bond motifs is 1. The van der Waals surface area contributed by atoms with Gasteiger partial charge in [-0.1, -0.05) is 36.8 Å². The molecule has 0 bridgehead atoms. The number of rotatable bonds is 6. The van der Waals surface area contributed by atoms with Crippen LogP contribution in [0.1, 0.15) is 52.0 Å². The summed E-state index contributed by atoms with van der Waals surface area (Å²) in [6.45, 7) is 6.79. The van der Waals surface area contributed by atoms with Gasteiger partial charge in [-0.25, -0.2) is 9.07 Å². The number of aryl methyl sites for hydroxylation is 3. The molecular weight excluding hydrogens is 419 g/mol. The van der Waals surface area contributed by atoms with E-state index in [1.54, 1.807) is 30.1 Å². The number of amides is 2. The molecule has 0 spiro atoms. The molecule has 0 saturated heterocycles. The van der Waals surface area contributed by atoms with Crippen molar-refractivity contribution < 1.29 is 14.0 Å². The first-order valence-electron chi connectivity index (χ1n) is 11.3. The van der Waals surface area contributed by atoms with E-state index in [2.05, 4.69) is 12.2 Å². The highest BCUT2D eigenvalue weighted by Crippen LogP contribution is 2.44. The zero-order valence-electron chi connectivity index (χ0n) is 19.4. The lowest BCUT2D eigenvalue weighted by atomic mass is 9.77. The lowest BCUT2D eigenvalue weighted by Gasteiger charge is -2.37. The second kappa shape index (κ2) is 9.17. The third-order valence-corrected chi connectivity index (χ3v) is 6.25. The summed E-state index contributed by atoms with van der Waals surface area (Å²) in [6.07, 6.45) is 0.882. The second-order valence-corrected chi connectivity index (χ2v) is 8.66. The van der Waals surface area contributed by atoms with E-state index < -0.39 is 5.92 Å². The molecule has 7 heteroatoms. The molecule has 0 unspecified atom stereocenters. The van der Waals surface area contributed by atoms with Crippen molar-refractivity contribution in [1.82, 2.24) is 15.1 Å². The van der Waals surface area contributed by atoms with Gasteiger partial charge in [0, 0.05) is 37.2 Å². The molecule has 1 aromatic heterocycles. The Morgan fingerprint density at radius 3 is 2.55 bits per heavy atom. The summed E-state index contributed by atoms with van der Waals surface area (Å²) in [5.41, 5.74) is 4.16. The van der Waals surface area contributed by atoms with Crippen molar-refractivity contribution in [2.75, 3.05) is 18.5 Å². The maximum Gasteiger partial charge on any atom is 0.251 e. The maximum absolute atomic E-state index is 13.7. The summed E-state index contributed by atoms with van der Waals surface area (Å²) >= 11 is 0. The van der Waals surface area contributed by atoms with Gasteiger partial charge in [-0.3, -0.25) is 14.5 Å². The summed E-state index contributed by atoms with van der Waals surface area (Å²) in [6, 6.07) is 13.6. The molecule has 0 fully saturated rings. The van der Waals surface area contributed by atoms with Crippen molar-refractivity contribution in [3.05, 3.63) is 82.3 Å². The zero-order chi connectivity index (χ0) is 23.7. The van der Waals surface area contributed by atoms with Gasteiger partial charge in [-0.15, -0.1) is 0 Å². The van der Waals surface area contributed by atoms with Crippen molar-refractivity contribution in [1.29, 1.82) is 0 Å². The van der Waals surface area contributed by atoms with E-state index in [0.29, 0.717) is 12.1 Å². The average Bonchev–Trinajstić information content (AvgIpc) is 3.11. The Morgan fingerprint density at radius 1 is 1.15 bits per heavy atom. The van der Waals surface area contributed by atoms with Gasteiger partial charge in [-0.2, -0.15) is 5.10 Å². The molecule has 1 aliphatic heterocycles. The number of hydrogen-bond acceptors (Lipinski definition) is 3. The van der Waals surface area contributed by atoms with Crippen LogP contribution in [0.4, 0.5) is 10.2 Å². The summed E-state index contributed by atoms with van der Waals surface area (Å²) in [4.78, 5) is 28.0. The summed E-state index contributed by atoms with van der Waals surface area (Å²) in [5.74, 6) is -0.766. The monoisotopic (exact) mass is 448 g/mol. The molecule has 0 radical (unpaired) electrons. The fourth-order valence-corrected chi connectivity index (χ4v) is 4.73. The number of hydrogen-bond donors (Lipinski definition) is 1. The number of benzene rings is 2. The number of nitrogens with zero attached hydrogens (tertiary/aromatic N) is 3. The molecule has 33 heavy (non-hydrogen) atoms. The normalized spacial score (nSPS) is 17.7.